The van der Waals surface area contributed by atoms with Crippen molar-refractivity contribution in [3.63, 3.8) is 0 Å². The molecule has 3 rings (SSSR count). The van der Waals surface area contributed by atoms with Gasteiger partial charge in [-0.15, -0.1) is 0 Å². The third-order valence-corrected chi connectivity index (χ3v) is 9.15. The zero-order chi connectivity index (χ0) is 29.4. The number of amides is 2. The molecule has 214 valence electrons. The maximum absolute atomic E-state index is 14.1. The summed E-state index contributed by atoms with van der Waals surface area (Å²) in [6.45, 7) is 5.42. The molecule has 3 aromatic rings. The minimum atomic E-state index is -3.82. The molecule has 0 spiro atoms. The molecule has 0 saturated carbocycles. The van der Waals surface area contributed by atoms with E-state index in [1.807, 2.05) is 75.4 Å². The number of nitrogens with one attached hydrogen (secondary N) is 1. The van der Waals surface area contributed by atoms with Crippen molar-refractivity contribution in [1.82, 2.24) is 10.2 Å². The lowest BCUT2D eigenvalue weighted by Crippen LogP contribution is -2.54. The second-order valence-corrected chi connectivity index (χ2v) is 13.6. The van der Waals surface area contributed by atoms with Crippen LogP contribution in [-0.2, 0) is 32.6 Å². The molecule has 0 radical (unpaired) electrons. The smallest absolute Gasteiger partial charge is 0.244 e. The zero-order valence-electron chi connectivity index (χ0n) is 23.1. The van der Waals surface area contributed by atoms with Crippen LogP contribution < -0.4 is 9.62 Å². The van der Waals surface area contributed by atoms with Gasteiger partial charge in [0.25, 0.3) is 0 Å². The van der Waals surface area contributed by atoms with Gasteiger partial charge < -0.3 is 10.2 Å². The molecule has 0 saturated heterocycles. The van der Waals surface area contributed by atoms with E-state index in [0.717, 1.165) is 42.6 Å². The fourth-order valence-electron chi connectivity index (χ4n) is 4.22. The molecule has 0 heterocycles. The third kappa shape index (κ3) is 8.91. The van der Waals surface area contributed by atoms with Crippen molar-refractivity contribution < 1.29 is 18.0 Å². The Morgan fingerprint density at radius 2 is 1.62 bits per heavy atom. The van der Waals surface area contributed by atoms with Crippen LogP contribution in [0.5, 0.6) is 0 Å². The number of carbonyl (C=O) groups is 2. The first-order valence-corrected chi connectivity index (χ1v) is 16.4. The molecular formula is C30H35Br2N3O4S. The number of nitrogens with zero attached hydrogens (tertiary/aromatic N) is 2. The maximum atomic E-state index is 14.1. The molecule has 0 fully saturated rings. The van der Waals surface area contributed by atoms with E-state index in [-0.39, 0.29) is 24.9 Å². The summed E-state index contributed by atoms with van der Waals surface area (Å²) in [5, 5.41) is 3.03. The highest BCUT2D eigenvalue weighted by Gasteiger charge is 2.33. The van der Waals surface area contributed by atoms with Crippen molar-refractivity contribution in [2.75, 3.05) is 17.1 Å². The highest BCUT2D eigenvalue weighted by Crippen LogP contribution is 2.26. The molecule has 10 heteroatoms. The number of carbonyl (C=O) groups excluding carboxylic acids is 2. The Hall–Kier alpha value is -2.69. The summed E-state index contributed by atoms with van der Waals surface area (Å²) in [6.07, 6.45) is 2.08. The molecule has 0 aliphatic carbocycles. The van der Waals surface area contributed by atoms with Gasteiger partial charge in [0.05, 0.1) is 11.9 Å². The van der Waals surface area contributed by atoms with E-state index in [1.54, 1.807) is 18.2 Å². The summed E-state index contributed by atoms with van der Waals surface area (Å²) >= 11 is 6.93. The number of hydrogen-bond acceptors (Lipinski definition) is 4. The molecule has 40 heavy (non-hydrogen) atoms. The Bertz CT molecular complexity index is 1430. The van der Waals surface area contributed by atoms with Crippen LogP contribution in [0.1, 0.15) is 37.0 Å². The van der Waals surface area contributed by atoms with Crippen LogP contribution in [0.2, 0.25) is 0 Å². The molecule has 7 nitrogen and oxygen atoms in total. The van der Waals surface area contributed by atoms with Crippen LogP contribution in [0.15, 0.2) is 81.7 Å². The van der Waals surface area contributed by atoms with E-state index in [0.29, 0.717) is 5.69 Å². The monoisotopic (exact) mass is 691 g/mol. The van der Waals surface area contributed by atoms with Crippen molar-refractivity contribution in [2.24, 2.45) is 0 Å². The molecule has 0 aliphatic heterocycles. The number of anilines is 1. The van der Waals surface area contributed by atoms with E-state index in [4.69, 9.17) is 0 Å². The Labute approximate surface area is 254 Å². The Balaban J connectivity index is 2.07. The van der Waals surface area contributed by atoms with Gasteiger partial charge in [0.15, 0.2) is 0 Å². The number of aryl methyl sites for hydroxylation is 1. The van der Waals surface area contributed by atoms with Crippen LogP contribution in [0.25, 0.3) is 0 Å². The van der Waals surface area contributed by atoms with E-state index >= 15 is 0 Å². The van der Waals surface area contributed by atoms with Gasteiger partial charge in [-0.3, -0.25) is 13.9 Å². The summed E-state index contributed by atoms with van der Waals surface area (Å²) in [5.74, 6) is -0.766. The second kappa shape index (κ2) is 14.3. The first-order chi connectivity index (χ1) is 18.9. The molecule has 2 atom stereocenters. The highest BCUT2D eigenvalue weighted by molar-refractivity contribution is 9.10. The fraction of sp³-hybridized carbons (Fsp3) is 0.333. The molecule has 1 N–H and O–H groups in total. The van der Waals surface area contributed by atoms with Crippen molar-refractivity contribution in [2.45, 2.75) is 52.2 Å². The first kappa shape index (κ1) is 31.8. The van der Waals surface area contributed by atoms with Gasteiger partial charge in [0.2, 0.25) is 21.8 Å². The molecule has 0 aromatic heterocycles. The van der Waals surface area contributed by atoms with Crippen molar-refractivity contribution in [1.29, 1.82) is 0 Å². The van der Waals surface area contributed by atoms with Gasteiger partial charge in [-0.1, -0.05) is 81.2 Å². The molecule has 0 bridgehead atoms. The lowest BCUT2D eigenvalue weighted by atomic mass is 10.0. The van der Waals surface area contributed by atoms with Gasteiger partial charge in [-0.25, -0.2) is 8.42 Å². The zero-order valence-corrected chi connectivity index (χ0v) is 27.1. The number of benzene rings is 3. The standard InChI is InChI=1S/C30H35Br2N3O4S/c1-5-22(3)33-30(37)28(18-23-10-7-6-8-11-23)34(19-24-12-9-13-25(31)17-24)29(36)20-35(40(4,38)39)26-14-15-27(32)21(2)16-26/h6-17,22,28H,5,18-20H2,1-4H3,(H,33,37)/t22-,28-/m1/s1. The van der Waals surface area contributed by atoms with Gasteiger partial charge in [-0.2, -0.15) is 0 Å². The summed E-state index contributed by atoms with van der Waals surface area (Å²) in [7, 11) is -3.82. The lowest BCUT2D eigenvalue weighted by Gasteiger charge is -2.34. The lowest BCUT2D eigenvalue weighted by molar-refractivity contribution is -0.140. The number of halogens is 2. The molecule has 2 amide bonds. The van der Waals surface area contributed by atoms with Crippen LogP contribution in [0.4, 0.5) is 5.69 Å². The Kier molecular flexibility index (Phi) is 11.4. The SMILES string of the molecule is CC[C@@H](C)NC(=O)[C@@H](Cc1ccccc1)N(Cc1cccc(Br)c1)C(=O)CN(c1ccc(Br)c(C)c1)S(C)(=O)=O. The Morgan fingerprint density at radius 1 is 0.950 bits per heavy atom. The van der Waals surface area contributed by atoms with Gasteiger partial charge in [-0.05, 0) is 67.3 Å². The molecule has 3 aromatic carbocycles. The van der Waals surface area contributed by atoms with Crippen molar-refractivity contribution >= 4 is 59.4 Å². The van der Waals surface area contributed by atoms with E-state index in [9.17, 15) is 18.0 Å². The predicted molar refractivity (Wildman–Crippen MR) is 168 cm³/mol. The fourth-order valence-corrected chi connectivity index (χ4v) is 5.76. The van der Waals surface area contributed by atoms with Crippen LogP contribution in [0, 0.1) is 6.92 Å². The van der Waals surface area contributed by atoms with E-state index < -0.39 is 28.5 Å². The van der Waals surface area contributed by atoms with Crippen molar-refractivity contribution in [3.8, 4) is 0 Å². The summed E-state index contributed by atoms with van der Waals surface area (Å²) in [6, 6.07) is 21.2. The maximum Gasteiger partial charge on any atom is 0.244 e. The summed E-state index contributed by atoms with van der Waals surface area (Å²) < 4.78 is 28.6. The van der Waals surface area contributed by atoms with Crippen LogP contribution in [0.3, 0.4) is 0 Å². The molecule has 0 unspecified atom stereocenters. The molecular weight excluding hydrogens is 658 g/mol. The average Bonchev–Trinajstić information content (AvgIpc) is 2.90. The first-order valence-electron chi connectivity index (χ1n) is 13.0. The second-order valence-electron chi connectivity index (χ2n) is 9.88. The average molecular weight is 694 g/mol. The predicted octanol–water partition coefficient (Wildman–Crippen LogP) is 5.84. The van der Waals surface area contributed by atoms with Gasteiger partial charge in [0, 0.05) is 28.0 Å². The van der Waals surface area contributed by atoms with Gasteiger partial charge >= 0.3 is 0 Å². The molecule has 0 aliphatic rings. The van der Waals surface area contributed by atoms with E-state index in [1.165, 1.54) is 4.90 Å². The normalized spacial score (nSPS) is 12.8. The Morgan fingerprint density at radius 3 is 2.23 bits per heavy atom. The number of hydrogen-bond donors (Lipinski definition) is 1. The van der Waals surface area contributed by atoms with Crippen LogP contribution in [-0.4, -0.2) is 50.0 Å². The van der Waals surface area contributed by atoms with Gasteiger partial charge in [0.1, 0.15) is 12.6 Å². The largest absolute Gasteiger partial charge is 0.352 e. The van der Waals surface area contributed by atoms with E-state index in [2.05, 4.69) is 37.2 Å². The van der Waals surface area contributed by atoms with Crippen LogP contribution >= 0.6 is 31.9 Å². The number of sulfonamides is 1. The van der Waals surface area contributed by atoms with Crippen molar-refractivity contribution in [3.05, 3.63) is 98.4 Å². The minimum Gasteiger partial charge on any atom is -0.352 e. The topological polar surface area (TPSA) is 86.8 Å². The minimum absolute atomic E-state index is 0.0909. The quantitative estimate of drug-likeness (QED) is 0.259. The summed E-state index contributed by atoms with van der Waals surface area (Å²) in [4.78, 5) is 29.3. The highest BCUT2D eigenvalue weighted by atomic mass is 79.9. The number of rotatable bonds is 12. The summed E-state index contributed by atoms with van der Waals surface area (Å²) in [5.41, 5.74) is 2.91. The third-order valence-electron chi connectivity index (χ3n) is 6.62.